The first-order valence-corrected chi connectivity index (χ1v) is 5.51. The van der Waals surface area contributed by atoms with E-state index in [1.807, 2.05) is 0 Å². The van der Waals surface area contributed by atoms with Gasteiger partial charge >= 0.3 is 12.0 Å². The van der Waals surface area contributed by atoms with Gasteiger partial charge in [0.15, 0.2) is 0 Å². The highest BCUT2D eigenvalue weighted by atomic mass is 16.4. The van der Waals surface area contributed by atoms with Crippen LogP contribution in [0.4, 0.5) is 4.79 Å². The molecule has 1 aromatic heterocycles. The number of amides is 3. The molecule has 0 saturated carbocycles. The van der Waals surface area contributed by atoms with Crippen molar-refractivity contribution in [2.45, 2.75) is 25.4 Å². The Labute approximate surface area is 108 Å². The molecule has 19 heavy (non-hydrogen) atoms. The lowest BCUT2D eigenvalue weighted by molar-refractivity contribution is -0.140. The normalized spacial score (nSPS) is 13.3. The Hall–Kier alpha value is -2.51. The summed E-state index contributed by atoms with van der Waals surface area (Å²) in [6, 6.07) is 0.818. The predicted octanol–water partition coefficient (Wildman–Crippen LogP) is -0.0316. The van der Waals surface area contributed by atoms with Crippen LogP contribution in [0.3, 0.4) is 0 Å². The SMILES string of the molecule is CC(NC(=O)N[C@H](CC(N)=O)C(=O)O)c1ccco1. The summed E-state index contributed by atoms with van der Waals surface area (Å²) in [6.45, 7) is 1.67. The van der Waals surface area contributed by atoms with E-state index in [1.54, 1.807) is 19.1 Å². The third kappa shape index (κ3) is 4.70. The second-order valence-corrected chi connectivity index (χ2v) is 3.92. The first-order chi connectivity index (χ1) is 8.90. The summed E-state index contributed by atoms with van der Waals surface area (Å²) in [7, 11) is 0. The minimum absolute atomic E-state index is 0.432. The van der Waals surface area contributed by atoms with Crippen molar-refractivity contribution in [3.05, 3.63) is 24.2 Å². The number of carboxylic acids is 1. The van der Waals surface area contributed by atoms with Crippen LogP contribution in [-0.2, 0) is 9.59 Å². The zero-order valence-corrected chi connectivity index (χ0v) is 10.3. The van der Waals surface area contributed by atoms with Crippen LogP contribution in [-0.4, -0.2) is 29.1 Å². The van der Waals surface area contributed by atoms with Gasteiger partial charge in [-0.25, -0.2) is 9.59 Å². The van der Waals surface area contributed by atoms with Crippen molar-refractivity contribution in [3.63, 3.8) is 0 Å². The average Bonchev–Trinajstić information content (AvgIpc) is 2.80. The molecule has 8 nitrogen and oxygen atoms in total. The average molecular weight is 269 g/mol. The van der Waals surface area contributed by atoms with Gasteiger partial charge in [-0.3, -0.25) is 4.79 Å². The van der Waals surface area contributed by atoms with Crippen LogP contribution in [0.25, 0.3) is 0 Å². The lowest BCUT2D eigenvalue weighted by Crippen LogP contribution is -2.48. The molecule has 0 aliphatic heterocycles. The minimum Gasteiger partial charge on any atom is -0.480 e. The van der Waals surface area contributed by atoms with Gasteiger partial charge in [-0.15, -0.1) is 0 Å². The van der Waals surface area contributed by atoms with Crippen molar-refractivity contribution < 1.29 is 23.9 Å². The highest BCUT2D eigenvalue weighted by Gasteiger charge is 2.23. The number of urea groups is 1. The third-order valence-electron chi connectivity index (χ3n) is 2.33. The van der Waals surface area contributed by atoms with Crippen LogP contribution in [0.5, 0.6) is 0 Å². The Balaban J connectivity index is 2.53. The van der Waals surface area contributed by atoms with Gasteiger partial charge in [0.2, 0.25) is 5.91 Å². The van der Waals surface area contributed by atoms with Crippen LogP contribution >= 0.6 is 0 Å². The van der Waals surface area contributed by atoms with Crippen molar-refractivity contribution >= 4 is 17.9 Å². The Morgan fingerprint density at radius 1 is 1.42 bits per heavy atom. The molecule has 0 radical (unpaired) electrons. The summed E-state index contributed by atoms with van der Waals surface area (Å²) in [5.41, 5.74) is 4.90. The molecule has 1 rings (SSSR count). The van der Waals surface area contributed by atoms with Crippen LogP contribution < -0.4 is 16.4 Å². The molecule has 0 fully saturated rings. The fraction of sp³-hybridized carbons (Fsp3) is 0.364. The van der Waals surface area contributed by atoms with Gasteiger partial charge in [-0.2, -0.15) is 0 Å². The van der Waals surface area contributed by atoms with Crippen LogP contribution in [0.15, 0.2) is 22.8 Å². The second-order valence-electron chi connectivity index (χ2n) is 3.92. The number of nitrogens with one attached hydrogen (secondary N) is 2. The van der Waals surface area contributed by atoms with Gasteiger partial charge in [0.1, 0.15) is 11.8 Å². The predicted molar refractivity (Wildman–Crippen MR) is 64.0 cm³/mol. The summed E-state index contributed by atoms with van der Waals surface area (Å²) in [6.07, 6.45) is 0.983. The van der Waals surface area contributed by atoms with E-state index in [4.69, 9.17) is 15.3 Å². The monoisotopic (exact) mass is 269 g/mol. The third-order valence-corrected chi connectivity index (χ3v) is 2.33. The van der Waals surface area contributed by atoms with Crippen molar-refractivity contribution in [1.82, 2.24) is 10.6 Å². The topological polar surface area (TPSA) is 135 Å². The molecule has 1 aromatic rings. The molecule has 0 spiro atoms. The minimum atomic E-state index is -1.36. The number of furan rings is 1. The molecule has 8 heteroatoms. The van der Waals surface area contributed by atoms with E-state index in [-0.39, 0.29) is 0 Å². The molecule has 0 bridgehead atoms. The maximum atomic E-state index is 11.6. The molecule has 1 unspecified atom stereocenters. The molecule has 2 atom stereocenters. The molecule has 0 aromatic carbocycles. The van der Waals surface area contributed by atoms with E-state index in [0.717, 1.165) is 0 Å². The fourth-order valence-corrected chi connectivity index (χ4v) is 1.41. The lowest BCUT2D eigenvalue weighted by Gasteiger charge is -2.16. The Bertz CT molecular complexity index is 457. The number of carboxylic acid groups (broad SMARTS) is 1. The number of hydrogen-bond acceptors (Lipinski definition) is 4. The first-order valence-electron chi connectivity index (χ1n) is 5.51. The van der Waals surface area contributed by atoms with Gasteiger partial charge in [0, 0.05) is 0 Å². The Morgan fingerprint density at radius 3 is 2.58 bits per heavy atom. The van der Waals surface area contributed by atoms with E-state index in [2.05, 4.69) is 10.6 Å². The van der Waals surface area contributed by atoms with E-state index >= 15 is 0 Å². The molecular weight excluding hydrogens is 254 g/mol. The van der Waals surface area contributed by atoms with Gasteiger partial charge in [-0.05, 0) is 19.1 Å². The van der Waals surface area contributed by atoms with Gasteiger partial charge in [0.05, 0.1) is 18.7 Å². The molecular formula is C11H15N3O5. The molecule has 0 saturated heterocycles. The van der Waals surface area contributed by atoms with Crippen molar-refractivity contribution in [2.75, 3.05) is 0 Å². The number of nitrogens with two attached hydrogens (primary N) is 1. The van der Waals surface area contributed by atoms with Crippen molar-refractivity contribution in [2.24, 2.45) is 5.73 Å². The number of hydrogen-bond donors (Lipinski definition) is 4. The number of rotatable bonds is 6. The largest absolute Gasteiger partial charge is 0.480 e. The highest BCUT2D eigenvalue weighted by molar-refractivity contribution is 5.87. The number of aliphatic carboxylic acids is 1. The summed E-state index contributed by atoms with van der Waals surface area (Å²) >= 11 is 0. The number of primary amides is 1. The standard InChI is InChI=1S/C11H15N3O5/c1-6(8-3-2-4-19-8)13-11(18)14-7(10(16)17)5-9(12)15/h2-4,6-7H,5H2,1H3,(H2,12,15)(H,16,17)(H2,13,14,18)/t6?,7-/m1/s1. The fourth-order valence-electron chi connectivity index (χ4n) is 1.41. The molecule has 104 valence electrons. The summed E-state index contributed by atoms with van der Waals surface area (Å²) in [5, 5.41) is 13.5. The zero-order valence-electron chi connectivity index (χ0n) is 10.3. The van der Waals surface area contributed by atoms with Crippen LogP contribution in [0.1, 0.15) is 25.1 Å². The highest BCUT2D eigenvalue weighted by Crippen LogP contribution is 2.11. The molecule has 0 aliphatic rings. The first kappa shape index (κ1) is 14.6. The van der Waals surface area contributed by atoms with E-state index in [0.29, 0.717) is 5.76 Å². The van der Waals surface area contributed by atoms with Crippen LogP contribution in [0, 0.1) is 0 Å². The molecule has 1 heterocycles. The summed E-state index contributed by atoms with van der Waals surface area (Å²) < 4.78 is 5.08. The molecule has 5 N–H and O–H groups in total. The summed E-state index contributed by atoms with van der Waals surface area (Å²) in [4.78, 5) is 33.1. The van der Waals surface area contributed by atoms with Gasteiger partial charge < -0.3 is 25.9 Å². The van der Waals surface area contributed by atoms with Crippen LogP contribution in [0.2, 0.25) is 0 Å². The number of carbonyl (C=O) groups is 3. The smallest absolute Gasteiger partial charge is 0.326 e. The molecule has 0 aliphatic carbocycles. The quantitative estimate of drug-likeness (QED) is 0.575. The number of carbonyl (C=O) groups excluding carboxylic acids is 2. The molecule has 3 amide bonds. The van der Waals surface area contributed by atoms with Gasteiger partial charge in [0.25, 0.3) is 0 Å². The second kappa shape index (κ2) is 6.43. The van der Waals surface area contributed by atoms with Crippen molar-refractivity contribution in [1.29, 1.82) is 0 Å². The maximum absolute atomic E-state index is 11.6. The summed E-state index contributed by atoms with van der Waals surface area (Å²) in [5.74, 6) is -1.62. The van der Waals surface area contributed by atoms with Gasteiger partial charge in [-0.1, -0.05) is 0 Å². The van der Waals surface area contributed by atoms with E-state index < -0.39 is 36.4 Å². The Kier molecular flexibility index (Phi) is 4.92. The van der Waals surface area contributed by atoms with E-state index in [9.17, 15) is 14.4 Å². The van der Waals surface area contributed by atoms with E-state index in [1.165, 1.54) is 6.26 Å². The zero-order chi connectivity index (χ0) is 14.4. The maximum Gasteiger partial charge on any atom is 0.326 e. The Morgan fingerprint density at radius 2 is 2.11 bits per heavy atom. The lowest BCUT2D eigenvalue weighted by atomic mass is 10.2. The van der Waals surface area contributed by atoms with Crippen molar-refractivity contribution in [3.8, 4) is 0 Å².